The fraction of sp³-hybridized carbons (Fsp3) is 0.130. The smallest absolute Gasteiger partial charge is 0.322 e. The van der Waals surface area contributed by atoms with Crippen LogP contribution < -0.4 is 10.6 Å². The summed E-state index contributed by atoms with van der Waals surface area (Å²) in [5, 5.41) is 24.4. The highest BCUT2D eigenvalue weighted by atomic mass is 16.3. The van der Waals surface area contributed by atoms with E-state index in [1.807, 2.05) is 48.5 Å². The van der Waals surface area contributed by atoms with E-state index in [2.05, 4.69) is 10.6 Å². The molecule has 0 bridgehead atoms. The van der Waals surface area contributed by atoms with Gasteiger partial charge in [-0.2, -0.15) is 0 Å². The Hall–Kier alpha value is -3.64. The quantitative estimate of drug-likeness (QED) is 0.552. The minimum atomic E-state index is -0.719. The first-order valence-corrected chi connectivity index (χ1v) is 9.32. The number of amides is 3. The van der Waals surface area contributed by atoms with Gasteiger partial charge >= 0.3 is 6.03 Å². The number of aromatic hydroxyl groups is 1. The molecular formula is C23H20N2O4. The number of phenols is 1. The summed E-state index contributed by atoms with van der Waals surface area (Å²) in [4.78, 5) is 25.2. The minimum absolute atomic E-state index is 0.0103. The number of benzene rings is 3. The number of carbonyl (C=O) groups excluding carboxylic acids is 2. The molecule has 1 aliphatic rings. The molecule has 4 rings (SSSR count). The van der Waals surface area contributed by atoms with Crippen molar-refractivity contribution in [1.29, 1.82) is 0 Å². The number of imide groups is 1. The number of urea groups is 1. The Morgan fingerprint density at radius 1 is 0.862 bits per heavy atom. The lowest BCUT2D eigenvalue weighted by atomic mass is 10.0. The van der Waals surface area contributed by atoms with E-state index < -0.39 is 11.9 Å². The van der Waals surface area contributed by atoms with Crippen molar-refractivity contribution in [2.75, 3.05) is 6.61 Å². The number of nitrogens with one attached hydrogen (secondary N) is 2. The maximum atomic E-state index is 12.6. The molecule has 0 aromatic heterocycles. The number of rotatable bonds is 4. The summed E-state index contributed by atoms with van der Waals surface area (Å²) in [6.45, 7) is -0.175. The van der Waals surface area contributed by atoms with Gasteiger partial charge in [0.1, 0.15) is 5.75 Å². The van der Waals surface area contributed by atoms with Gasteiger partial charge in [0.2, 0.25) is 0 Å². The number of fused-ring (bicyclic) bond motifs is 3. The lowest BCUT2D eigenvalue weighted by Gasteiger charge is -2.17. The van der Waals surface area contributed by atoms with Crippen molar-refractivity contribution < 1.29 is 19.8 Å². The molecule has 3 aromatic carbocycles. The first-order valence-electron chi connectivity index (χ1n) is 9.32. The fourth-order valence-electron chi connectivity index (χ4n) is 3.82. The van der Waals surface area contributed by atoms with E-state index in [0.717, 1.165) is 22.3 Å². The van der Waals surface area contributed by atoms with E-state index in [-0.39, 0.29) is 30.4 Å². The van der Waals surface area contributed by atoms with Crippen molar-refractivity contribution >= 4 is 11.9 Å². The Morgan fingerprint density at radius 3 is 2.10 bits per heavy atom. The van der Waals surface area contributed by atoms with E-state index >= 15 is 0 Å². The van der Waals surface area contributed by atoms with E-state index in [1.54, 1.807) is 12.1 Å². The second-order valence-corrected chi connectivity index (χ2v) is 6.82. The molecule has 0 saturated heterocycles. The molecule has 0 unspecified atom stereocenters. The number of aliphatic hydroxyl groups excluding tert-OH is 1. The summed E-state index contributed by atoms with van der Waals surface area (Å²) >= 11 is 0. The average molecular weight is 388 g/mol. The number of aliphatic hydroxyl groups is 1. The predicted octanol–water partition coefficient (Wildman–Crippen LogP) is 3.14. The maximum absolute atomic E-state index is 12.6. The largest absolute Gasteiger partial charge is 0.507 e. The molecule has 6 nitrogen and oxygen atoms in total. The molecule has 0 fully saturated rings. The lowest BCUT2D eigenvalue weighted by molar-refractivity contribution is 0.0960. The Balaban J connectivity index is 1.56. The Bertz CT molecular complexity index is 1050. The third-order valence-corrected chi connectivity index (χ3v) is 5.07. The van der Waals surface area contributed by atoms with Gasteiger partial charge in [0.15, 0.2) is 0 Å². The third-order valence-electron chi connectivity index (χ3n) is 5.07. The molecule has 0 aliphatic heterocycles. The van der Waals surface area contributed by atoms with Gasteiger partial charge in [0.05, 0.1) is 11.6 Å². The lowest BCUT2D eigenvalue weighted by Crippen LogP contribution is -2.41. The van der Waals surface area contributed by atoms with E-state index in [4.69, 9.17) is 0 Å². The highest BCUT2D eigenvalue weighted by Gasteiger charge is 2.30. The van der Waals surface area contributed by atoms with Gasteiger partial charge in [-0.15, -0.1) is 0 Å². The average Bonchev–Trinajstić information content (AvgIpc) is 3.02. The Kier molecular flexibility index (Phi) is 5.01. The molecule has 29 heavy (non-hydrogen) atoms. The van der Waals surface area contributed by atoms with E-state index in [9.17, 15) is 19.8 Å². The van der Waals surface area contributed by atoms with Crippen LogP contribution in [0.25, 0.3) is 11.1 Å². The normalized spacial score (nSPS) is 12.2. The first-order chi connectivity index (χ1) is 14.1. The zero-order chi connectivity index (χ0) is 20.4. The molecule has 0 saturated carbocycles. The van der Waals surface area contributed by atoms with Crippen LogP contribution in [0, 0.1) is 0 Å². The predicted molar refractivity (Wildman–Crippen MR) is 109 cm³/mol. The van der Waals surface area contributed by atoms with Gasteiger partial charge in [0.25, 0.3) is 5.91 Å². The molecule has 3 amide bonds. The van der Waals surface area contributed by atoms with Crippen LogP contribution in [-0.4, -0.2) is 28.8 Å². The topological polar surface area (TPSA) is 98.7 Å². The van der Waals surface area contributed by atoms with E-state index in [1.165, 1.54) is 6.07 Å². The Labute approximate surface area is 167 Å². The number of hydrogen-bond donors (Lipinski definition) is 4. The highest BCUT2D eigenvalue weighted by molar-refractivity contribution is 6.07. The van der Waals surface area contributed by atoms with Crippen molar-refractivity contribution in [2.45, 2.75) is 12.5 Å². The van der Waals surface area contributed by atoms with Gasteiger partial charge in [0, 0.05) is 6.61 Å². The first kappa shape index (κ1) is 18.7. The number of phenolic OH excluding ortho intramolecular Hbond substituents is 1. The van der Waals surface area contributed by atoms with Gasteiger partial charge in [-0.3, -0.25) is 10.1 Å². The molecule has 146 valence electrons. The van der Waals surface area contributed by atoms with Gasteiger partial charge in [-0.25, -0.2) is 4.79 Å². The second kappa shape index (κ2) is 7.77. The fourth-order valence-corrected chi connectivity index (χ4v) is 3.82. The standard InChI is InChI=1S/C23H20N2O4/c26-13-12-14-6-5-11-19(27)20(14)22(28)25-23(29)24-21-17-9-3-1-7-15(17)16-8-2-4-10-18(16)21/h1-11,21,26-27H,12-13H2,(H2,24,25,28,29). The van der Waals surface area contributed by atoms with Crippen molar-refractivity contribution in [3.63, 3.8) is 0 Å². The maximum Gasteiger partial charge on any atom is 0.322 e. The van der Waals surface area contributed by atoms with Crippen molar-refractivity contribution in [1.82, 2.24) is 10.6 Å². The summed E-state index contributed by atoms with van der Waals surface area (Å²) in [6, 6.07) is 19.2. The van der Waals surface area contributed by atoms with Crippen molar-refractivity contribution in [3.8, 4) is 16.9 Å². The van der Waals surface area contributed by atoms with Crippen molar-refractivity contribution in [2.24, 2.45) is 0 Å². The van der Waals surface area contributed by atoms with Crippen LogP contribution in [0.4, 0.5) is 4.79 Å². The molecule has 1 aliphatic carbocycles. The second-order valence-electron chi connectivity index (χ2n) is 6.82. The number of hydrogen-bond acceptors (Lipinski definition) is 4. The van der Waals surface area contributed by atoms with Gasteiger partial charge < -0.3 is 15.5 Å². The van der Waals surface area contributed by atoms with E-state index in [0.29, 0.717) is 5.56 Å². The summed E-state index contributed by atoms with van der Waals surface area (Å²) < 4.78 is 0. The zero-order valence-electron chi connectivity index (χ0n) is 15.6. The van der Waals surface area contributed by atoms with Crippen LogP contribution in [0.15, 0.2) is 66.7 Å². The zero-order valence-corrected chi connectivity index (χ0v) is 15.6. The molecular weight excluding hydrogens is 368 g/mol. The molecule has 0 spiro atoms. The molecule has 3 aromatic rings. The number of carbonyl (C=O) groups is 2. The van der Waals surface area contributed by atoms with Crippen LogP contribution in [0.3, 0.4) is 0 Å². The minimum Gasteiger partial charge on any atom is -0.507 e. The summed E-state index contributed by atoms with van der Waals surface area (Å²) in [5.74, 6) is -0.957. The SMILES string of the molecule is O=C(NC(=O)c1c(O)cccc1CCO)NC1c2ccccc2-c2ccccc21. The van der Waals surface area contributed by atoms with Crippen LogP contribution in [0.2, 0.25) is 0 Å². The molecule has 0 atom stereocenters. The third kappa shape index (κ3) is 3.46. The van der Waals surface area contributed by atoms with Gasteiger partial charge in [-0.05, 0) is 40.3 Å². The highest BCUT2D eigenvalue weighted by Crippen LogP contribution is 2.42. The van der Waals surface area contributed by atoms with Crippen LogP contribution in [-0.2, 0) is 6.42 Å². The van der Waals surface area contributed by atoms with Crippen molar-refractivity contribution in [3.05, 3.63) is 89.0 Å². The Morgan fingerprint density at radius 2 is 1.48 bits per heavy atom. The summed E-state index contributed by atoms with van der Waals surface area (Å²) in [7, 11) is 0. The summed E-state index contributed by atoms with van der Waals surface area (Å²) in [6.07, 6.45) is 0.197. The van der Waals surface area contributed by atoms with Crippen LogP contribution >= 0.6 is 0 Å². The van der Waals surface area contributed by atoms with Crippen LogP contribution in [0.5, 0.6) is 5.75 Å². The molecule has 0 radical (unpaired) electrons. The van der Waals surface area contributed by atoms with Crippen LogP contribution in [0.1, 0.15) is 33.1 Å². The molecule has 0 heterocycles. The van der Waals surface area contributed by atoms with Gasteiger partial charge in [-0.1, -0.05) is 60.7 Å². The summed E-state index contributed by atoms with van der Waals surface area (Å²) in [5.41, 5.74) is 4.47. The monoisotopic (exact) mass is 388 g/mol. The molecule has 6 heteroatoms. The molecule has 4 N–H and O–H groups in total.